The van der Waals surface area contributed by atoms with Gasteiger partial charge in [0.05, 0.1) is 28.6 Å². The van der Waals surface area contributed by atoms with Gasteiger partial charge in [0.1, 0.15) is 25.6 Å². The monoisotopic (exact) mass is 553 g/mol. The minimum Gasteiger partial charge on any atom is -0.490 e. The molecule has 0 saturated carbocycles. The normalized spacial score (nSPS) is 14.8. The molecule has 0 fully saturated rings. The molecule has 0 saturated heterocycles. The van der Waals surface area contributed by atoms with E-state index in [1.165, 1.54) is 32.2 Å². The Kier molecular flexibility index (Phi) is 10.4. The highest BCUT2D eigenvalue weighted by Gasteiger charge is 2.38. The first-order valence-electron chi connectivity index (χ1n) is 12.4. The van der Waals surface area contributed by atoms with Crippen LogP contribution in [0.4, 0.5) is 11.4 Å². The van der Waals surface area contributed by atoms with Gasteiger partial charge in [0.15, 0.2) is 0 Å². The number of carbonyl (C=O) groups is 3. The van der Waals surface area contributed by atoms with E-state index in [-0.39, 0.29) is 49.2 Å². The number of anilines is 1. The maximum absolute atomic E-state index is 13.4. The molecule has 40 heavy (non-hydrogen) atoms. The lowest BCUT2D eigenvalue weighted by molar-refractivity contribution is -0.384. The zero-order chi connectivity index (χ0) is 29.2. The van der Waals surface area contributed by atoms with E-state index in [0.29, 0.717) is 28.4 Å². The fourth-order valence-electron chi connectivity index (χ4n) is 4.19. The summed E-state index contributed by atoms with van der Waals surface area (Å²) in [5, 5.41) is 17.2. The van der Waals surface area contributed by atoms with Crippen molar-refractivity contribution in [3.8, 4) is 5.75 Å². The predicted molar refractivity (Wildman–Crippen MR) is 144 cm³/mol. The van der Waals surface area contributed by atoms with E-state index in [0.717, 1.165) is 0 Å². The van der Waals surface area contributed by atoms with Crippen LogP contribution in [0.25, 0.3) is 0 Å². The number of non-ortho nitro benzene ring substituents is 1. The Bertz CT molecular complexity index is 1330. The Morgan fingerprint density at radius 1 is 0.925 bits per heavy atom. The highest BCUT2D eigenvalue weighted by molar-refractivity contribution is 6.00. The molecule has 2 N–H and O–H groups in total. The van der Waals surface area contributed by atoms with Crippen LogP contribution in [0.15, 0.2) is 71.1 Å². The molecule has 0 unspecified atom stereocenters. The average molecular weight is 554 g/mol. The van der Waals surface area contributed by atoms with Crippen LogP contribution in [-0.4, -0.2) is 56.3 Å². The summed E-state index contributed by atoms with van der Waals surface area (Å²) in [6.07, 6.45) is 0. The van der Waals surface area contributed by atoms with Gasteiger partial charge in [-0.1, -0.05) is 12.1 Å². The molecule has 1 aliphatic heterocycles. The maximum atomic E-state index is 13.4. The van der Waals surface area contributed by atoms with Gasteiger partial charge in [0.2, 0.25) is 5.91 Å². The summed E-state index contributed by atoms with van der Waals surface area (Å²) < 4.78 is 21.4. The van der Waals surface area contributed by atoms with E-state index in [1.54, 1.807) is 44.2 Å². The molecule has 3 rings (SSSR count). The first-order chi connectivity index (χ1) is 19.1. The molecule has 0 aromatic heterocycles. The van der Waals surface area contributed by atoms with Crippen molar-refractivity contribution in [3.63, 3.8) is 0 Å². The SMILES string of the molecule is COCCOC(=O)C1=C(C)NC(C)=C(C(=O)OCCOc2ccc(NC(C)=O)cc2)[C@H]1c1cccc([N+](=O)[O-])c1. The third-order valence-electron chi connectivity index (χ3n) is 5.90. The summed E-state index contributed by atoms with van der Waals surface area (Å²) in [7, 11) is 1.47. The molecule has 1 heterocycles. The van der Waals surface area contributed by atoms with Crippen molar-refractivity contribution in [1.29, 1.82) is 0 Å². The molecular weight excluding hydrogens is 522 g/mol. The van der Waals surface area contributed by atoms with Crippen LogP contribution in [0.5, 0.6) is 5.75 Å². The zero-order valence-corrected chi connectivity index (χ0v) is 22.6. The highest BCUT2D eigenvalue weighted by Crippen LogP contribution is 2.40. The number of methoxy groups -OCH3 is 1. The van der Waals surface area contributed by atoms with Crippen molar-refractivity contribution in [2.75, 3.05) is 38.9 Å². The number of benzene rings is 2. The summed E-state index contributed by atoms with van der Waals surface area (Å²) in [6, 6.07) is 12.4. The van der Waals surface area contributed by atoms with Crippen LogP contribution >= 0.6 is 0 Å². The minimum atomic E-state index is -0.981. The molecule has 1 aliphatic rings. The first kappa shape index (κ1) is 29.8. The molecule has 0 aliphatic carbocycles. The van der Waals surface area contributed by atoms with Crippen LogP contribution in [0.2, 0.25) is 0 Å². The molecule has 0 spiro atoms. The fraction of sp³-hybridized carbons (Fsp3) is 0.321. The van der Waals surface area contributed by atoms with E-state index in [1.807, 2.05) is 0 Å². The summed E-state index contributed by atoms with van der Waals surface area (Å²) in [4.78, 5) is 48.6. The molecule has 212 valence electrons. The molecule has 2 aromatic carbocycles. The van der Waals surface area contributed by atoms with Crippen molar-refractivity contribution in [2.24, 2.45) is 0 Å². The lowest BCUT2D eigenvalue weighted by atomic mass is 9.80. The minimum absolute atomic E-state index is 0.0145. The Morgan fingerprint density at radius 3 is 2.08 bits per heavy atom. The molecule has 1 atom stereocenters. The van der Waals surface area contributed by atoms with Crippen LogP contribution in [0.3, 0.4) is 0 Å². The van der Waals surface area contributed by atoms with E-state index in [4.69, 9.17) is 18.9 Å². The number of nitro groups is 1. The van der Waals surface area contributed by atoms with Gasteiger partial charge in [-0.2, -0.15) is 0 Å². The number of nitro benzene ring substituents is 1. The zero-order valence-electron chi connectivity index (χ0n) is 22.6. The summed E-state index contributed by atoms with van der Waals surface area (Å²) >= 11 is 0. The lowest BCUT2D eigenvalue weighted by Gasteiger charge is -2.30. The molecule has 2 aromatic rings. The van der Waals surface area contributed by atoms with Gasteiger partial charge in [-0.25, -0.2) is 9.59 Å². The topological polar surface area (TPSA) is 155 Å². The maximum Gasteiger partial charge on any atom is 0.336 e. The lowest BCUT2D eigenvalue weighted by Crippen LogP contribution is -2.33. The third kappa shape index (κ3) is 7.67. The summed E-state index contributed by atoms with van der Waals surface area (Å²) in [5.74, 6) is -2.08. The second-order valence-electron chi connectivity index (χ2n) is 8.81. The molecule has 0 bridgehead atoms. The third-order valence-corrected chi connectivity index (χ3v) is 5.90. The Hall–Kier alpha value is -4.71. The van der Waals surface area contributed by atoms with Crippen LogP contribution in [0.1, 0.15) is 32.3 Å². The number of rotatable bonds is 12. The largest absolute Gasteiger partial charge is 0.490 e. The summed E-state index contributed by atoms with van der Waals surface area (Å²) in [5.41, 5.74) is 1.90. The Labute approximate surface area is 231 Å². The van der Waals surface area contributed by atoms with Gasteiger partial charge in [-0.15, -0.1) is 0 Å². The average Bonchev–Trinajstić information content (AvgIpc) is 2.91. The highest BCUT2D eigenvalue weighted by atomic mass is 16.6. The first-order valence-corrected chi connectivity index (χ1v) is 12.4. The van der Waals surface area contributed by atoms with Crippen molar-refractivity contribution >= 4 is 29.2 Å². The van der Waals surface area contributed by atoms with Crippen molar-refractivity contribution in [2.45, 2.75) is 26.7 Å². The number of ether oxygens (including phenoxy) is 4. The van der Waals surface area contributed by atoms with Gasteiger partial charge in [-0.05, 0) is 43.7 Å². The number of esters is 2. The molecule has 0 radical (unpaired) electrons. The van der Waals surface area contributed by atoms with Crippen LogP contribution in [0, 0.1) is 10.1 Å². The van der Waals surface area contributed by atoms with E-state index in [9.17, 15) is 24.5 Å². The van der Waals surface area contributed by atoms with Crippen LogP contribution < -0.4 is 15.4 Å². The van der Waals surface area contributed by atoms with Gasteiger partial charge < -0.3 is 29.6 Å². The second-order valence-corrected chi connectivity index (χ2v) is 8.81. The number of nitrogens with zero attached hydrogens (tertiary/aromatic N) is 1. The van der Waals surface area contributed by atoms with Gasteiger partial charge >= 0.3 is 11.9 Å². The van der Waals surface area contributed by atoms with E-state index < -0.39 is 22.8 Å². The van der Waals surface area contributed by atoms with Gasteiger partial charge in [-0.3, -0.25) is 14.9 Å². The Morgan fingerprint density at radius 2 is 1.52 bits per heavy atom. The molecule has 1 amide bonds. The number of amides is 1. The molecule has 12 nitrogen and oxygen atoms in total. The smallest absolute Gasteiger partial charge is 0.336 e. The van der Waals surface area contributed by atoms with E-state index >= 15 is 0 Å². The standard InChI is InChI=1S/C28H31N3O9/c1-17-24(27(33)39-13-12-37-4)26(20-6-5-7-22(16-20)31(35)36)25(18(2)29-17)28(34)40-15-14-38-23-10-8-21(9-11-23)30-19(3)32/h5-11,16,26,29H,12-15H2,1-4H3,(H,30,32)/t26-/m0/s1. The number of dihydropyridines is 1. The van der Waals surface area contributed by atoms with E-state index in [2.05, 4.69) is 10.6 Å². The van der Waals surface area contributed by atoms with Crippen LogP contribution in [-0.2, 0) is 28.6 Å². The number of hydrogen-bond acceptors (Lipinski definition) is 10. The molecule has 12 heteroatoms. The second kappa shape index (κ2) is 13.9. The van der Waals surface area contributed by atoms with Crippen molar-refractivity contribution in [1.82, 2.24) is 5.32 Å². The molecular formula is C28H31N3O9. The number of nitrogens with one attached hydrogen (secondary N) is 2. The quantitative estimate of drug-likeness (QED) is 0.172. The van der Waals surface area contributed by atoms with Gasteiger partial charge in [0.25, 0.3) is 5.69 Å². The number of carbonyl (C=O) groups excluding carboxylic acids is 3. The predicted octanol–water partition coefficient (Wildman–Crippen LogP) is 3.60. The Balaban J connectivity index is 1.80. The fourth-order valence-corrected chi connectivity index (χ4v) is 4.19. The van der Waals surface area contributed by atoms with Crippen molar-refractivity contribution < 1.29 is 38.3 Å². The summed E-state index contributed by atoms with van der Waals surface area (Å²) in [6.45, 7) is 4.81. The number of hydrogen-bond donors (Lipinski definition) is 2. The van der Waals surface area contributed by atoms with Gasteiger partial charge in [0, 0.05) is 43.2 Å². The van der Waals surface area contributed by atoms with Crippen molar-refractivity contribution in [3.05, 3.63) is 86.7 Å². The number of allylic oxidation sites excluding steroid dienone is 2.